The van der Waals surface area contributed by atoms with Crippen molar-refractivity contribution in [2.75, 3.05) is 13.2 Å². The molecule has 17 heavy (non-hydrogen) atoms. The number of aliphatic hydroxyl groups is 1. The topological polar surface area (TPSA) is 125 Å². The van der Waals surface area contributed by atoms with E-state index in [0.717, 1.165) is 0 Å². The fourth-order valence-electron chi connectivity index (χ4n) is 2.06. The van der Waals surface area contributed by atoms with E-state index in [1.165, 1.54) is 0 Å². The molecule has 0 radical (unpaired) electrons. The van der Waals surface area contributed by atoms with Crippen molar-refractivity contribution in [2.45, 2.75) is 31.7 Å². The van der Waals surface area contributed by atoms with Crippen molar-refractivity contribution >= 4 is 8.25 Å². The molecule has 1 aliphatic heterocycles. The minimum absolute atomic E-state index is 0.201. The summed E-state index contributed by atoms with van der Waals surface area (Å²) < 4.78 is 21.0. The molecule has 1 fully saturated rings. The fraction of sp³-hybridized carbons (Fsp3) is 1.00. The highest BCUT2D eigenvalue weighted by Crippen LogP contribution is 2.36. The summed E-state index contributed by atoms with van der Waals surface area (Å²) in [6.45, 7) is 1.74. The summed E-state index contributed by atoms with van der Waals surface area (Å²) in [7, 11) is -2.72. The number of azide groups is 1. The fourth-order valence-corrected chi connectivity index (χ4v) is 2.60. The number of ether oxygens (including phenoxy) is 1. The Bertz CT molecular complexity index is 322. The van der Waals surface area contributed by atoms with E-state index >= 15 is 0 Å². The molecule has 0 bridgehead atoms. The largest absolute Gasteiger partial charge is 0.695 e. The van der Waals surface area contributed by atoms with Gasteiger partial charge in [0.1, 0.15) is 6.10 Å². The van der Waals surface area contributed by atoms with Crippen LogP contribution in [0.1, 0.15) is 13.3 Å². The molecular weight excluding hydrogens is 249 g/mol. The van der Waals surface area contributed by atoms with Crippen molar-refractivity contribution in [3.05, 3.63) is 10.4 Å². The van der Waals surface area contributed by atoms with E-state index in [9.17, 15) is 4.57 Å². The standard InChI is InChI=1S/C8H14N3O5P/c1-5-8(16-17(13)14)6(2-3-10-11-9)7(4-12)15-5/h5-8,12H,2-4H2,1H3/p+1/t5-,6?,7+,8+/m0/s1. The molecule has 0 amide bonds. The molecule has 0 aliphatic carbocycles. The summed E-state index contributed by atoms with van der Waals surface area (Å²) in [4.78, 5) is 11.4. The third kappa shape index (κ3) is 3.89. The van der Waals surface area contributed by atoms with Crippen LogP contribution in [0.4, 0.5) is 0 Å². The zero-order valence-corrected chi connectivity index (χ0v) is 10.2. The lowest BCUT2D eigenvalue weighted by atomic mass is 9.93. The van der Waals surface area contributed by atoms with E-state index in [2.05, 4.69) is 10.0 Å². The van der Waals surface area contributed by atoms with Gasteiger partial charge in [-0.3, -0.25) is 0 Å². The van der Waals surface area contributed by atoms with Crippen LogP contribution in [0.3, 0.4) is 0 Å². The van der Waals surface area contributed by atoms with Gasteiger partial charge in [0.2, 0.25) is 0 Å². The van der Waals surface area contributed by atoms with Crippen LogP contribution in [0.15, 0.2) is 5.11 Å². The van der Waals surface area contributed by atoms with Gasteiger partial charge in [0, 0.05) is 21.9 Å². The molecule has 0 aromatic heterocycles. The number of nitrogens with zero attached hydrogens (tertiary/aromatic N) is 3. The summed E-state index contributed by atoms with van der Waals surface area (Å²) in [5, 5.41) is 12.5. The lowest BCUT2D eigenvalue weighted by Crippen LogP contribution is -2.29. The Morgan fingerprint density at radius 3 is 2.88 bits per heavy atom. The number of hydrogen-bond donors (Lipinski definition) is 2. The molecule has 1 saturated heterocycles. The van der Waals surface area contributed by atoms with Gasteiger partial charge in [-0.2, -0.15) is 0 Å². The quantitative estimate of drug-likeness (QED) is 0.322. The first-order valence-electron chi connectivity index (χ1n) is 5.20. The minimum Gasteiger partial charge on any atom is -0.394 e. The highest BCUT2D eigenvalue weighted by Gasteiger charge is 2.46. The van der Waals surface area contributed by atoms with Crippen LogP contribution in [-0.2, 0) is 13.8 Å². The maximum absolute atomic E-state index is 10.7. The number of rotatable bonds is 6. The third-order valence-corrected chi connectivity index (χ3v) is 3.19. The molecule has 0 spiro atoms. The molecule has 96 valence electrons. The van der Waals surface area contributed by atoms with Crippen molar-refractivity contribution in [1.29, 1.82) is 0 Å². The van der Waals surface area contributed by atoms with Gasteiger partial charge in [-0.1, -0.05) is 5.11 Å². The van der Waals surface area contributed by atoms with Gasteiger partial charge in [-0.15, -0.1) is 9.42 Å². The minimum atomic E-state index is -2.72. The van der Waals surface area contributed by atoms with Crippen molar-refractivity contribution < 1.29 is 23.8 Å². The first-order chi connectivity index (χ1) is 8.10. The van der Waals surface area contributed by atoms with Crippen LogP contribution < -0.4 is 0 Å². The molecule has 1 aliphatic rings. The van der Waals surface area contributed by atoms with Gasteiger partial charge in [-0.05, 0) is 18.9 Å². The molecule has 0 saturated carbocycles. The lowest BCUT2D eigenvalue weighted by Gasteiger charge is -2.16. The third-order valence-electron chi connectivity index (χ3n) is 2.77. The first-order valence-corrected chi connectivity index (χ1v) is 6.33. The van der Waals surface area contributed by atoms with Gasteiger partial charge in [0.15, 0.2) is 0 Å². The molecular formula is C8H15N3O5P+. The van der Waals surface area contributed by atoms with Crippen LogP contribution in [0.5, 0.6) is 0 Å². The molecule has 0 aromatic carbocycles. The second kappa shape index (κ2) is 6.86. The van der Waals surface area contributed by atoms with Gasteiger partial charge in [0.25, 0.3) is 0 Å². The Morgan fingerprint density at radius 1 is 1.65 bits per heavy atom. The van der Waals surface area contributed by atoms with Gasteiger partial charge >= 0.3 is 8.25 Å². The van der Waals surface area contributed by atoms with Crippen LogP contribution in [-0.4, -0.2) is 41.5 Å². The van der Waals surface area contributed by atoms with Crippen molar-refractivity contribution in [1.82, 2.24) is 0 Å². The number of hydrogen-bond acceptors (Lipinski definition) is 5. The summed E-state index contributed by atoms with van der Waals surface area (Å²) in [5.41, 5.74) is 8.19. The van der Waals surface area contributed by atoms with Crippen LogP contribution in [0.25, 0.3) is 10.4 Å². The predicted molar refractivity (Wildman–Crippen MR) is 58.2 cm³/mol. The van der Waals surface area contributed by atoms with Crippen molar-refractivity contribution in [3.8, 4) is 0 Å². The molecule has 0 aromatic rings. The summed E-state index contributed by atoms with van der Waals surface area (Å²) in [6.07, 6.45) is -0.976. The second-order valence-corrected chi connectivity index (χ2v) is 4.46. The number of aliphatic hydroxyl groups excluding tert-OH is 1. The average molecular weight is 264 g/mol. The summed E-state index contributed by atoms with van der Waals surface area (Å²) >= 11 is 0. The zero-order valence-electron chi connectivity index (χ0n) is 9.34. The van der Waals surface area contributed by atoms with Gasteiger partial charge < -0.3 is 9.84 Å². The zero-order chi connectivity index (χ0) is 12.8. The van der Waals surface area contributed by atoms with E-state index in [1.807, 2.05) is 0 Å². The molecule has 1 rings (SSSR count). The predicted octanol–water partition coefficient (Wildman–Crippen LogP) is 1.12. The average Bonchev–Trinajstić information content (AvgIpc) is 2.56. The molecule has 2 unspecified atom stereocenters. The van der Waals surface area contributed by atoms with Crippen LogP contribution in [0, 0.1) is 5.92 Å². The monoisotopic (exact) mass is 264 g/mol. The summed E-state index contributed by atoms with van der Waals surface area (Å²) in [5.74, 6) is -0.258. The van der Waals surface area contributed by atoms with E-state index in [0.29, 0.717) is 6.42 Å². The smallest absolute Gasteiger partial charge is 0.394 e. The Labute approximate surface area is 99.1 Å². The second-order valence-electron chi connectivity index (χ2n) is 3.78. The molecule has 2 N–H and O–H groups in total. The van der Waals surface area contributed by atoms with E-state index in [-0.39, 0.29) is 25.2 Å². The lowest BCUT2D eigenvalue weighted by molar-refractivity contribution is -0.000532. The Morgan fingerprint density at radius 2 is 2.35 bits per heavy atom. The maximum atomic E-state index is 10.7. The van der Waals surface area contributed by atoms with Crippen LogP contribution in [0.2, 0.25) is 0 Å². The molecule has 5 atom stereocenters. The summed E-state index contributed by atoms with van der Waals surface area (Å²) in [6, 6.07) is 0. The molecule has 1 heterocycles. The van der Waals surface area contributed by atoms with Crippen molar-refractivity contribution in [2.24, 2.45) is 11.0 Å². The Kier molecular flexibility index (Phi) is 5.77. The van der Waals surface area contributed by atoms with E-state index in [4.69, 9.17) is 24.8 Å². The Hall–Kier alpha value is -0.750. The first kappa shape index (κ1) is 14.3. The highest BCUT2D eigenvalue weighted by molar-refractivity contribution is 7.32. The van der Waals surface area contributed by atoms with E-state index in [1.54, 1.807) is 6.92 Å². The van der Waals surface area contributed by atoms with Gasteiger partial charge in [0.05, 0.1) is 18.8 Å². The normalized spacial score (nSPS) is 33.2. The van der Waals surface area contributed by atoms with Crippen LogP contribution >= 0.6 is 8.25 Å². The van der Waals surface area contributed by atoms with Gasteiger partial charge in [-0.25, -0.2) is 0 Å². The maximum Gasteiger partial charge on any atom is 0.695 e. The Balaban J connectivity index is 2.68. The molecule has 8 nitrogen and oxygen atoms in total. The molecule has 9 heteroatoms. The van der Waals surface area contributed by atoms with Crippen molar-refractivity contribution in [3.63, 3.8) is 0 Å². The SMILES string of the molecule is C[C@@H]1O[C@H](CO)C(CCN=[N+]=[N-])[C@@H]1O[P+](=O)O. The highest BCUT2D eigenvalue weighted by atomic mass is 31.1. The van der Waals surface area contributed by atoms with E-state index < -0.39 is 20.5 Å².